The first-order valence-electron chi connectivity index (χ1n) is 5.78. The van der Waals surface area contributed by atoms with Crippen LogP contribution in [0.25, 0.3) is 0 Å². The van der Waals surface area contributed by atoms with Gasteiger partial charge in [-0.25, -0.2) is 0 Å². The second-order valence-electron chi connectivity index (χ2n) is 3.87. The number of unbranched alkanes of at least 4 members (excludes halogenated alkanes) is 1. The molecule has 1 aromatic carbocycles. The van der Waals surface area contributed by atoms with Gasteiger partial charge >= 0.3 is 0 Å². The lowest BCUT2D eigenvalue weighted by Crippen LogP contribution is -2.01. The van der Waals surface area contributed by atoms with Crippen LogP contribution in [0, 0.1) is 0 Å². The fourth-order valence-corrected chi connectivity index (χ4v) is 2.50. The highest BCUT2D eigenvalue weighted by molar-refractivity contribution is 9.10. The standard InChI is InChI=1S/C13H20BrNO/c1-3-10-8-11(6-4-5-7-15)13(16-2)12(14)9-10/h8-9H,3-7,15H2,1-2H3. The van der Waals surface area contributed by atoms with Gasteiger partial charge in [-0.2, -0.15) is 0 Å². The van der Waals surface area contributed by atoms with Crippen molar-refractivity contribution in [1.29, 1.82) is 0 Å². The van der Waals surface area contributed by atoms with Crippen molar-refractivity contribution in [3.63, 3.8) is 0 Å². The molecule has 0 saturated carbocycles. The Labute approximate surface area is 106 Å². The fourth-order valence-electron chi connectivity index (χ4n) is 1.79. The van der Waals surface area contributed by atoms with E-state index >= 15 is 0 Å². The second-order valence-corrected chi connectivity index (χ2v) is 4.72. The molecule has 0 radical (unpaired) electrons. The Balaban J connectivity index is 2.89. The molecular weight excluding hydrogens is 266 g/mol. The highest BCUT2D eigenvalue weighted by atomic mass is 79.9. The number of methoxy groups -OCH3 is 1. The Bertz CT molecular complexity index is 339. The molecule has 0 bridgehead atoms. The van der Waals surface area contributed by atoms with Crippen LogP contribution in [0.5, 0.6) is 5.75 Å². The number of ether oxygens (including phenoxy) is 1. The Hall–Kier alpha value is -0.540. The first-order chi connectivity index (χ1) is 7.72. The van der Waals surface area contributed by atoms with Gasteiger partial charge in [0.1, 0.15) is 5.75 Å². The van der Waals surface area contributed by atoms with Gasteiger partial charge in [-0.3, -0.25) is 0 Å². The maximum atomic E-state index is 5.51. The molecule has 90 valence electrons. The topological polar surface area (TPSA) is 35.2 Å². The largest absolute Gasteiger partial charge is 0.495 e. The molecule has 0 fully saturated rings. The van der Waals surface area contributed by atoms with Crippen molar-refractivity contribution in [1.82, 2.24) is 0 Å². The maximum Gasteiger partial charge on any atom is 0.136 e. The molecule has 2 nitrogen and oxygen atoms in total. The van der Waals surface area contributed by atoms with Gasteiger partial charge in [-0.15, -0.1) is 0 Å². The second kappa shape index (κ2) is 6.92. The van der Waals surface area contributed by atoms with Crippen LogP contribution in [-0.2, 0) is 12.8 Å². The van der Waals surface area contributed by atoms with Crippen molar-refractivity contribution in [2.24, 2.45) is 5.73 Å². The average Bonchev–Trinajstić information content (AvgIpc) is 2.29. The van der Waals surface area contributed by atoms with Crippen molar-refractivity contribution < 1.29 is 4.74 Å². The van der Waals surface area contributed by atoms with E-state index in [1.807, 2.05) is 0 Å². The number of benzene rings is 1. The SMILES string of the molecule is CCc1cc(Br)c(OC)c(CCCCN)c1. The molecule has 0 aliphatic carbocycles. The van der Waals surface area contributed by atoms with Gasteiger partial charge in [0.05, 0.1) is 11.6 Å². The van der Waals surface area contributed by atoms with E-state index in [0.717, 1.165) is 42.5 Å². The Morgan fingerprint density at radius 2 is 2.06 bits per heavy atom. The van der Waals surface area contributed by atoms with Crippen LogP contribution in [-0.4, -0.2) is 13.7 Å². The number of nitrogens with two attached hydrogens (primary N) is 1. The monoisotopic (exact) mass is 285 g/mol. The fraction of sp³-hybridized carbons (Fsp3) is 0.538. The summed E-state index contributed by atoms with van der Waals surface area (Å²) in [6.07, 6.45) is 4.27. The number of rotatable bonds is 6. The summed E-state index contributed by atoms with van der Waals surface area (Å²) in [6.45, 7) is 2.93. The molecule has 0 aliphatic rings. The van der Waals surface area contributed by atoms with Gasteiger partial charge in [0.25, 0.3) is 0 Å². The van der Waals surface area contributed by atoms with Gasteiger partial charge in [0, 0.05) is 0 Å². The highest BCUT2D eigenvalue weighted by Gasteiger charge is 2.08. The van der Waals surface area contributed by atoms with Crippen LogP contribution < -0.4 is 10.5 Å². The van der Waals surface area contributed by atoms with Crippen LogP contribution >= 0.6 is 15.9 Å². The van der Waals surface area contributed by atoms with E-state index in [9.17, 15) is 0 Å². The molecule has 0 saturated heterocycles. The van der Waals surface area contributed by atoms with Gasteiger partial charge < -0.3 is 10.5 Å². The molecule has 0 spiro atoms. The van der Waals surface area contributed by atoms with Crippen molar-refractivity contribution in [2.45, 2.75) is 32.6 Å². The first-order valence-corrected chi connectivity index (χ1v) is 6.57. The van der Waals surface area contributed by atoms with Crippen LogP contribution in [0.4, 0.5) is 0 Å². The lowest BCUT2D eigenvalue weighted by Gasteiger charge is -2.12. The highest BCUT2D eigenvalue weighted by Crippen LogP contribution is 2.31. The molecular formula is C13H20BrNO. The molecule has 0 amide bonds. The Kier molecular flexibility index (Phi) is 5.85. The molecule has 16 heavy (non-hydrogen) atoms. The lowest BCUT2D eigenvalue weighted by atomic mass is 10.0. The first kappa shape index (κ1) is 13.5. The summed E-state index contributed by atoms with van der Waals surface area (Å²) in [6, 6.07) is 4.37. The number of hydrogen-bond acceptors (Lipinski definition) is 2. The van der Waals surface area contributed by atoms with E-state index in [0.29, 0.717) is 0 Å². The van der Waals surface area contributed by atoms with E-state index in [-0.39, 0.29) is 0 Å². The van der Waals surface area contributed by atoms with Crippen LogP contribution in [0.15, 0.2) is 16.6 Å². The van der Waals surface area contributed by atoms with Crippen molar-refractivity contribution in [3.05, 3.63) is 27.7 Å². The minimum atomic E-state index is 0.761. The molecule has 0 aliphatic heterocycles. The summed E-state index contributed by atoms with van der Waals surface area (Å²) in [5.74, 6) is 0.967. The molecule has 1 rings (SSSR count). The predicted octanol–water partition coefficient (Wildman–Crippen LogP) is 3.30. The lowest BCUT2D eigenvalue weighted by molar-refractivity contribution is 0.406. The third kappa shape index (κ3) is 3.49. The Morgan fingerprint density at radius 3 is 2.62 bits per heavy atom. The van der Waals surface area contributed by atoms with Crippen LogP contribution in [0.3, 0.4) is 0 Å². The minimum absolute atomic E-state index is 0.761. The molecule has 0 aromatic heterocycles. The zero-order valence-electron chi connectivity index (χ0n) is 10.1. The van der Waals surface area contributed by atoms with Gasteiger partial charge in [0.2, 0.25) is 0 Å². The third-order valence-corrected chi connectivity index (χ3v) is 3.28. The number of halogens is 1. The van der Waals surface area contributed by atoms with Gasteiger partial charge in [-0.05, 0) is 65.4 Å². The molecule has 0 heterocycles. The van der Waals surface area contributed by atoms with E-state index in [4.69, 9.17) is 10.5 Å². The number of aryl methyl sites for hydroxylation is 2. The van der Waals surface area contributed by atoms with E-state index in [1.165, 1.54) is 11.1 Å². The van der Waals surface area contributed by atoms with E-state index < -0.39 is 0 Å². The smallest absolute Gasteiger partial charge is 0.136 e. The van der Waals surface area contributed by atoms with Crippen LogP contribution in [0.1, 0.15) is 30.9 Å². The molecule has 1 aromatic rings. The summed E-state index contributed by atoms with van der Waals surface area (Å²) >= 11 is 3.56. The zero-order chi connectivity index (χ0) is 12.0. The average molecular weight is 286 g/mol. The molecule has 2 N–H and O–H groups in total. The normalized spacial score (nSPS) is 10.5. The predicted molar refractivity (Wildman–Crippen MR) is 72.1 cm³/mol. The minimum Gasteiger partial charge on any atom is -0.495 e. The third-order valence-electron chi connectivity index (χ3n) is 2.69. The van der Waals surface area contributed by atoms with Crippen LogP contribution in [0.2, 0.25) is 0 Å². The quantitative estimate of drug-likeness (QED) is 0.814. The van der Waals surface area contributed by atoms with Crippen molar-refractivity contribution in [2.75, 3.05) is 13.7 Å². The van der Waals surface area contributed by atoms with Crippen molar-refractivity contribution >= 4 is 15.9 Å². The van der Waals surface area contributed by atoms with Gasteiger partial charge in [0.15, 0.2) is 0 Å². The van der Waals surface area contributed by atoms with E-state index in [1.54, 1.807) is 7.11 Å². The molecule has 0 unspecified atom stereocenters. The molecule has 0 atom stereocenters. The molecule has 3 heteroatoms. The summed E-state index contributed by atoms with van der Waals surface area (Å²) < 4.78 is 6.48. The van der Waals surface area contributed by atoms with Crippen molar-refractivity contribution in [3.8, 4) is 5.75 Å². The van der Waals surface area contributed by atoms with Gasteiger partial charge in [-0.1, -0.05) is 13.0 Å². The zero-order valence-corrected chi connectivity index (χ0v) is 11.6. The van der Waals surface area contributed by atoms with E-state index in [2.05, 4.69) is 35.0 Å². The summed E-state index contributed by atoms with van der Waals surface area (Å²) in [5, 5.41) is 0. The summed E-state index contributed by atoms with van der Waals surface area (Å²) in [7, 11) is 1.72. The number of hydrogen-bond donors (Lipinski definition) is 1. The maximum absolute atomic E-state index is 5.51. The Morgan fingerprint density at radius 1 is 1.31 bits per heavy atom. The summed E-state index contributed by atoms with van der Waals surface area (Å²) in [5.41, 5.74) is 8.13. The summed E-state index contributed by atoms with van der Waals surface area (Å²) in [4.78, 5) is 0.